The Morgan fingerprint density at radius 1 is 0.639 bits per heavy atom. The molecule has 0 aromatic heterocycles. The van der Waals surface area contributed by atoms with Crippen LogP contribution in [0.4, 0.5) is 26.3 Å². The van der Waals surface area contributed by atoms with Crippen LogP contribution in [0.3, 0.4) is 0 Å². The van der Waals surface area contributed by atoms with Crippen LogP contribution in [0, 0.1) is 0 Å². The third-order valence-corrected chi connectivity index (χ3v) is 7.27. The van der Waals surface area contributed by atoms with Gasteiger partial charge in [0.2, 0.25) is 0 Å². The summed E-state index contributed by atoms with van der Waals surface area (Å²) in [4.78, 5) is 2.61. The number of halogens is 6. The van der Waals surface area contributed by atoms with Crippen LogP contribution in [0.5, 0.6) is 11.5 Å². The highest BCUT2D eigenvalue weighted by Gasteiger charge is 2.71. The Morgan fingerprint density at radius 3 is 1.53 bits per heavy atom. The van der Waals surface area contributed by atoms with Crippen LogP contribution in [0.2, 0.25) is 0 Å². The molecule has 3 rings (SSSR count). The summed E-state index contributed by atoms with van der Waals surface area (Å²) in [6.45, 7) is -1.19. The summed E-state index contributed by atoms with van der Waals surface area (Å²) in [7, 11) is 0.938. The molecule has 0 amide bonds. The van der Waals surface area contributed by atoms with Crippen molar-refractivity contribution in [3.05, 3.63) is 78.9 Å². The first-order chi connectivity index (χ1) is 17.0. The summed E-state index contributed by atoms with van der Waals surface area (Å²) >= 11 is 0. The third-order valence-electron chi connectivity index (χ3n) is 5.04. The molecule has 0 aliphatic rings. The molecule has 0 aliphatic carbocycles. The average molecular weight is 534 g/mol. The molecule has 0 spiro atoms. The van der Waals surface area contributed by atoms with E-state index in [4.69, 9.17) is 14.2 Å². The Balaban J connectivity index is 1.84. The lowest BCUT2D eigenvalue weighted by Crippen LogP contribution is -2.60. The maximum atomic E-state index is 12.9. The second-order valence-electron chi connectivity index (χ2n) is 7.55. The summed E-state index contributed by atoms with van der Waals surface area (Å²) in [6, 6.07) is 22.5. The number of benzene rings is 3. The van der Waals surface area contributed by atoms with Crippen molar-refractivity contribution in [2.24, 2.45) is 0 Å². The van der Waals surface area contributed by atoms with Gasteiger partial charge in [0, 0.05) is 7.11 Å². The van der Waals surface area contributed by atoms with Gasteiger partial charge in [0.25, 0.3) is 5.60 Å². The topological polar surface area (TPSA) is 47.9 Å². The molecule has 0 aliphatic heterocycles. The molecule has 1 N–H and O–H groups in total. The number of hydrogen-bond donors (Lipinski definition) is 1. The Bertz CT molecular complexity index is 1070. The molecule has 0 bridgehead atoms. The van der Waals surface area contributed by atoms with E-state index in [-0.39, 0.29) is 5.75 Å². The van der Waals surface area contributed by atoms with E-state index in [1.165, 1.54) is 12.1 Å². The molecule has 0 fully saturated rings. The van der Waals surface area contributed by atoms with Crippen molar-refractivity contribution in [3.63, 3.8) is 0 Å². The zero-order chi connectivity index (χ0) is 26.4. The predicted molar refractivity (Wildman–Crippen MR) is 121 cm³/mol. The molecular formula is C25H23F6O4S+. The minimum Gasteiger partial charge on any atom is -0.491 e. The number of rotatable bonds is 10. The van der Waals surface area contributed by atoms with Crippen LogP contribution in [-0.2, 0) is 15.6 Å². The first-order valence-corrected chi connectivity index (χ1v) is 11.8. The van der Waals surface area contributed by atoms with Crippen LogP contribution in [0.25, 0.3) is 0 Å². The van der Waals surface area contributed by atoms with Gasteiger partial charge in [-0.15, -0.1) is 0 Å². The number of hydrogen-bond acceptors (Lipinski definition) is 4. The number of methoxy groups -OCH3 is 1. The van der Waals surface area contributed by atoms with Gasteiger partial charge in [-0.05, 0) is 60.7 Å². The molecule has 4 nitrogen and oxygen atoms in total. The average Bonchev–Trinajstić information content (AvgIpc) is 2.84. The van der Waals surface area contributed by atoms with Crippen molar-refractivity contribution >= 4 is 10.9 Å². The van der Waals surface area contributed by atoms with Gasteiger partial charge < -0.3 is 19.3 Å². The summed E-state index contributed by atoms with van der Waals surface area (Å²) in [5.41, 5.74) is -4.99. The van der Waals surface area contributed by atoms with E-state index >= 15 is 0 Å². The van der Waals surface area contributed by atoms with Crippen LogP contribution < -0.4 is 9.47 Å². The van der Waals surface area contributed by atoms with Gasteiger partial charge in [-0.1, -0.05) is 18.2 Å². The Kier molecular flexibility index (Phi) is 8.80. The van der Waals surface area contributed by atoms with Gasteiger partial charge in [-0.25, -0.2) is 0 Å². The standard InChI is InChI=1S/C25H23F6O4S/c1-33-15-16-34-18-7-11-21(12-8-18)36(20-5-3-2-4-6-20)22-13-9-19(10-14-22)35-17-23(32,24(26,27)28)25(29,30)31/h2-14,32H,15-17H2,1H3/q+1. The molecule has 0 heterocycles. The van der Waals surface area contributed by atoms with Crippen molar-refractivity contribution in [2.75, 3.05) is 26.9 Å². The molecule has 11 heteroatoms. The van der Waals surface area contributed by atoms with E-state index in [1.54, 1.807) is 31.4 Å². The van der Waals surface area contributed by atoms with Gasteiger partial charge in [-0.3, -0.25) is 0 Å². The van der Waals surface area contributed by atoms with Crippen molar-refractivity contribution in [2.45, 2.75) is 32.6 Å². The molecule has 3 aromatic carbocycles. The van der Waals surface area contributed by atoms with Gasteiger partial charge in [0.1, 0.15) is 24.7 Å². The largest absolute Gasteiger partial charge is 0.491 e. The fourth-order valence-electron chi connectivity index (χ4n) is 3.06. The highest BCUT2D eigenvalue weighted by atomic mass is 32.2. The fourth-order valence-corrected chi connectivity index (χ4v) is 5.13. The van der Waals surface area contributed by atoms with Gasteiger partial charge in [0.15, 0.2) is 14.7 Å². The SMILES string of the molecule is COCCOc1ccc([S+](c2ccccc2)c2ccc(OCC(O)(C(F)(F)F)C(F)(F)F)cc2)cc1. The van der Waals surface area contributed by atoms with Gasteiger partial charge >= 0.3 is 12.4 Å². The van der Waals surface area contributed by atoms with Gasteiger partial charge in [-0.2, -0.15) is 26.3 Å². The van der Waals surface area contributed by atoms with Crippen LogP contribution in [0.1, 0.15) is 0 Å². The zero-order valence-corrected chi connectivity index (χ0v) is 19.8. The normalized spacial score (nSPS) is 13.3. The smallest absolute Gasteiger partial charge is 0.429 e. The molecule has 36 heavy (non-hydrogen) atoms. The molecule has 1 unspecified atom stereocenters. The molecule has 0 radical (unpaired) electrons. The lowest BCUT2D eigenvalue weighted by Gasteiger charge is -2.31. The minimum atomic E-state index is -5.95. The Morgan fingerprint density at radius 2 is 1.08 bits per heavy atom. The minimum absolute atomic E-state index is 0.246. The molecular weight excluding hydrogens is 510 g/mol. The quantitative estimate of drug-likeness (QED) is 0.196. The van der Waals surface area contributed by atoms with Crippen LogP contribution in [-0.4, -0.2) is 50.0 Å². The molecule has 0 saturated carbocycles. The Hall–Kier alpha value is -2.89. The van der Waals surface area contributed by atoms with Crippen molar-refractivity contribution < 1.29 is 45.7 Å². The Labute approximate surface area is 206 Å². The maximum absolute atomic E-state index is 12.9. The molecule has 0 saturated heterocycles. The molecule has 1 atom stereocenters. The van der Waals surface area contributed by atoms with E-state index in [0.717, 1.165) is 14.7 Å². The second-order valence-corrected chi connectivity index (χ2v) is 9.57. The number of alkyl halides is 6. The summed E-state index contributed by atoms with van der Waals surface area (Å²) in [5.74, 6) is 0.405. The first kappa shape index (κ1) is 27.7. The van der Waals surface area contributed by atoms with Crippen LogP contribution in [0.15, 0.2) is 93.5 Å². The summed E-state index contributed by atoms with van der Waals surface area (Å²) in [6.07, 6.45) is -11.9. The summed E-state index contributed by atoms with van der Waals surface area (Å²) < 4.78 is 92.7. The van der Waals surface area contributed by atoms with Crippen molar-refractivity contribution in [3.8, 4) is 11.5 Å². The van der Waals surface area contributed by atoms with E-state index in [1.807, 2.05) is 42.5 Å². The van der Waals surface area contributed by atoms with Gasteiger partial charge in [0.05, 0.1) is 17.5 Å². The van der Waals surface area contributed by atoms with Crippen molar-refractivity contribution in [1.29, 1.82) is 0 Å². The highest BCUT2D eigenvalue weighted by Crippen LogP contribution is 2.43. The second kappa shape index (κ2) is 11.4. The van der Waals surface area contributed by atoms with E-state index in [0.29, 0.717) is 19.0 Å². The molecule has 194 valence electrons. The first-order valence-electron chi connectivity index (χ1n) is 10.6. The van der Waals surface area contributed by atoms with Crippen molar-refractivity contribution in [1.82, 2.24) is 0 Å². The lowest BCUT2D eigenvalue weighted by molar-refractivity contribution is -0.373. The predicted octanol–water partition coefficient (Wildman–Crippen LogP) is 6.04. The van der Waals surface area contributed by atoms with E-state index in [2.05, 4.69) is 0 Å². The lowest BCUT2D eigenvalue weighted by atomic mass is 10.0. The van der Waals surface area contributed by atoms with Crippen LogP contribution >= 0.6 is 0 Å². The summed E-state index contributed by atoms with van der Waals surface area (Å²) in [5, 5.41) is 9.29. The zero-order valence-electron chi connectivity index (χ0n) is 19.0. The van der Waals surface area contributed by atoms with E-state index in [9.17, 15) is 31.4 Å². The highest BCUT2D eigenvalue weighted by molar-refractivity contribution is 7.97. The molecule has 3 aromatic rings. The fraction of sp³-hybridized carbons (Fsp3) is 0.280. The van der Waals surface area contributed by atoms with E-state index < -0.39 is 35.5 Å². The number of aliphatic hydroxyl groups is 1. The monoisotopic (exact) mass is 533 g/mol. The number of ether oxygens (including phenoxy) is 3. The third kappa shape index (κ3) is 6.45. The maximum Gasteiger partial charge on any atom is 0.429 e.